The van der Waals surface area contributed by atoms with E-state index in [0.717, 1.165) is 6.92 Å². The van der Waals surface area contributed by atoms with Gasteiger partial charge in [0.1, 0.15) is 54.4 Å². The number of hydrogen-bond donors (Lipinski definition) is 18. The van der Waals surface area contributed by atoms with Gasteiger partial charge in [0.25, 0.3) is 5.97 Å². The Morgan fingerprint density at radius 2 is 1.08 bits per heavy atom. The van der Waals surface area contributed by atoms with Crippen molar-refractivity contribution in [3.63, 3.8) is 0 Å². The van der Waals surface area contributed by atoms with Crippen LogP contribution in [0, 0.1) is 0 Å². The van der Waals surface area contributed by atoms with E-state index in [-0.39, 0.29) is 69.6 Å². The van der Waals surface area contributed by atoms with Crippen molar-refractivity contribution in [2.24, 2.45) is 11.5 Å². The summed E-state index contributed by atoms with van der Waals surface area (Å²) in [6, 6.07) is 0.988. The van der Waals surface area contributed by atoms with E-state index in [1.165, 1.54) is 29.9 Å². The summed E-state index contributed by atoms with van der Waals surface area (Å²) in [7, 11) is 0. The first-order chi connectivity index (χ1) is 45.5. The Kier molecular flexibility index (Phi) is 26.0. The summed E-state index contributed by atoms with van der Waals surface area (Å²) in [6.45, 7) is -0.0858. The number of carbonyl (C=O) groups excluding carboxylic acids is 11. The number of rotatable bonds is 33. The first-order valence-corrected chi connectivity index (χ1v) is 30.6. The third-order valence-electron chi connectivity index (χ3n) is 15.7. The van der Waals surface area contributed by atoms with E-state index < -0.39 is 151 Å². The van der Waals surface area contributed by atoms with Crippen LogP contribution in [0.4, 0.5) is 0 Å². The quantitative estimate of drug-likeness (QED) is 0.0176. The summed E-state index contributed by atoms with van der Waals surface area (Å²) in [6.07, 6.45) is 8.31. The second-order valence-corrected chi connectivity index (χ2v) is 22.7. The van der Waals surface area contributed by atoms with Crippen LogP contribution in [-0.4, -0.2) is 208 Å². The number of aliphatic hydroxyl groups excluding tert-OH is 1. The highest BCUT2D eigenvalue weighted by molar-refractivity contribution is 6.00. The molecule has 6 heterocycles. The van der Waals surface area contributed by atoms with Gasteiger partial charge < -0.3 is 99.5 Å². The van der Waals surface area contributed by atoms with Gasteiger partial charge in [0.2, 0.25) is 65.0 Å². The highest BCUT2D eigenvalue weighted by atomic mass is 16.4. The molecule has 20 N–H and O–H groups in total. The van der Waals surface area contributed by atoms with Crippen LogP contribution in [0.1, 0.15) is 80.8 Å². The first kappa shape index (κ1) is 71.4. The van der Waals surface area contributed by atoms with Gasteiger partial charge in [0.05, 0.1) is 32.2 Å². The van der Waals surface area contributed by atoms with Gasteiger partial charge in [-0.2, -0.15) is 0 Å². The molecule has 4 aromatic heterocycles. The molecule has 508 valence electrons. The van der Waals surface area contributed by atoms with E-state index in [9.17, 15) is 67.7 Å². The van der Waals surface area contributed by atoms with Crippen LogP contribution in [0.2, 0.25) is 0 Å². The van der Waals surface area contributed by atoms with Crippen LogP contribution in [0.25, 0.3) is 21.8 Å². The van der Waals surface area contributed by atoms with Gasteiger partial charge in [0.15, 0.2) is 0 Å². The summed E-state index contributed by atoms with van der Waals surface area (Å²) in [5, 5.41) is 52.6. The number of aromatic amines is 4. The average Bonchev–Trinajstić information content (AvgIpc) is 1.76. The molecule has 2 aromatic carbocycles. The summed E-state index contributed by atoms with van der Waals surface area (Å²) < 4.78 is 0. The molecule has 2 aliphatic rings. The molecule has 34 nitrogen and oxygen atoms in total. The van der Waals surface area contributed by atoms with Crippen LogP contribution in [0.5, 0.6) is 0 Å². The number of hydrogen-bond acceptors (Lipinski definition) is 17. The number of aliphatic hydroxyl groups is 1. The average molecular weight is 1320 g/mol. The molecule has 34 heteroatoms. The fourth-order valence-electron chi connectivity index (χ4n) is 11.0. The standard InChI is InChI=1S/C59H74N18O14.C2H4O2/c60-16-6-5-12-40(59(91)77-17-7-13-47(77)58(90)66-27-48(61)79)70-52(84)41(18-31-23-64-37-10-3-1-8-35(31)37)72-56(88)45(22-50(81)82)75-55(87)44(21-34-26-63-30-68-34)74-57(89)46(28-78)76-53(85)42(19-32-24-65-38-11-4-2-9-36(32)38)71-54(86)43(20-33-25-62-29-67-33)73-51(83)39-14-15-49(80)69-39;1-2(3)4/h1-4,8-11,23-26,29-30,39-47,64-65,78H,5-7,12-22,27-28,60H2,(H2,61,79)(H,62,67)(H,63,68)(H,66,90)(H,69,80)(H,70,84)(H,71,86)(H,72,88)(H,73,83)(H,74,89)(H,75,87)(H,76,85)(H,81,82);1H3,(H,3,4)/t39-,40-,41-,42-,43-,44-,45-,46-,47-;/m0./s1. The fourth-order valence-corrected chi connectivity index (χ4v) is 11.0. The van der Waals surface area contributed by atoms with Crippen molar-refractivity contribution in [3.05, 3.63) is 108 Å². The molecule has 0 bridgehead atoms. The Morgan fingerprint density at radius 1 is 0.611 bits per heavy atom. The molecule has 0 unspecified atom stereocenters. The molecule has 2 fully saturated rings. The lowest BCUT2D eigenvalue weighted by molar-refractivity contribution is -0.143. The van der Waals surface area contributed by atoms with Gasteiger partial charge in [-0.25, -0.2) is 9.97 Å². The zero-order chi connectivity index (χ0) is 68.7. The van der Waals surface area contributed by atoms with Gasteiger partial charge in [-0.1, -0.05) is 36.4 Å². The van der Waals surface area contributed by atoms with Crippen LogP contribution in [0.3, 0.4) is 0 Å². The van der Waals surface area contributed by atoms with Crippen molar-refractivity contribution >= 4 is 98.7 Å². The number of benzene rings is 2. The maximum atomic E-state index is 14.7. The van der Waals surface area contributed by atoms with Crippen LogP contribution < -0.4 is 59.3 Å². The lowest BCUT2D eigenvalue weighted by Gasteiger charge is -2.30. The number of fused-ring (bicyclic) bond motifs is 2. The van der Waals surface area contributed by atoms with Crippen LogP contribution in [-0.2, 0) is 88.0 Å². The molecular formula is C61H78N18O16. The van der Waals surface area contributed by atoms with Gasteiger partial charge in [-0.05, 0) is 68.3 Å². The third-order valence-corrected chi connectivity index (χ3v) is 15.7. The SMILES string of the molecule is CC(=O)O.NCCCC[C@H](NC(=O)[C@H](Cc1c[nH]c2ccccc12)NC(=O)[C@H](CC(=O)O)NC(=O)[C@H](Cc1cnc[nH]1)NC(=O)[C@H](CO)NC(=O)[C@H](Cc1c[nH]c2ccccc12)NC(=O)[C@H](Cc1cnc[nH]1)NC(=O)[C@@H]1CCC(=O)N1)C(=O)N1CCC[C@H]1C(=O)NCC(N)=O. The van der Waals surface area contributed by atoms with Crippen LogP contribution >= 0.6 is 0 Å². The van der Waals surface area contributed by atoms with E-state index >= 15 is 0 Å². The number of primary amides is 1. The van der Waals surface area contributed by atoms with Crippen molar-refractivity contribution in [1.29, 1.82) is 0 Å². The Morgan fingerprint density at radius 3 is 1.56 bits per heavy atom. The number of H-pyrrole nitrogens is 4. The predicted octanol–water partition coefficient (Wildman–Crippen LogP) is -3.68. The molecule has 2 saturated heterocycles. The number of likely N-dealkylation sites (tertiary alicyclic amines) is 1. The summed E-state index contributed by atoms with van der Waals surface area (Å²) in [5.74, 6) is -11.7. The minimum Gasteiger partial charge on any atom is -0.481 e. The number of carboxylic acids is 2. The zero-order valence-electron chi connectivity index (χ0n) is 51.7. The number of carboxylic acid groups (broad SMARTS) is 2. The number of nitrogens with zero attached hydrogens (tertiary/aromatic N) is 3. The van der Waals surface area contributed by atoms with Gasteiger partial charge >= 0.3 is 5.97 Å². The molecule has 6 aromatic rings. The number of imidazole rings is 2. The lowest BCUT2D eigenvalue weighted by atomic mass is 10.0. The Hall–Kier alpha value is -11.0. The predicted molar refractivity (Wildman–Crippen MR) is 336 cm³/mol. The number of carbonyl (C=O) groups is 13. The minimum atomic E-state index is -1.96. The maximum absolute atomic E-state index is 14.7. The fraction of sp³-hybridized carbons (Fsp3) is 0.426. The number of aliphatic carboxylic acids is 2. The normalized spacial score (nSPS) is 16.4. The van der Waals surface area contributed by atoms with Gasteiger partial charge in [0, 0.05) is 104 Å². The second kappa shape index (κ2) is 34.6. The topological polar surface area (TPSA) is 535 Å². The molecule has 9 atom stereocenters. The smallest absolute Gasteiger partial charge is 0.305 e. The molecule has 0 radical (unpaired) electrons. The highest BCUT2D eigenvalue weighted by Crippen LogP contribution is 2.23. The van der Waals surface area contributed by atoms with E-state index in [2.05, 4.69) is 77.8 Å². The van der Waals surface area contributed by atoms with E-state index in [4.69, 9.17) is 21.4 Å². The molecule has 0 saturated carbocycles. The Labute approximate surface area is 541 Å². The Balaban J connectivity index is 0.00000310. The number of aromatic nitrogens is 6. The number of unbranched alkanes of at least 4 members (excludes halogenated alkanes) is 1. The van der Waals surface area contributed by atoms with Gasteiger partial charge in [-0.15, -0.1) is 0 Å². The molecule has 0 spiro atoms. The van der Waals surface area contributed by atoms with Crippen molar-refractivity contribution in [2.75, 3.05) is 26.2 Å². The first-order valence-electron chi connectivity index (χ1n) is 30.6. The van der Waals surface area contributed by atoms with Gasteiger partial charge in [-0.3, -0.25) is 62.3 Å². The van der Waals surface area contributed by atoms with E-state index in [0.29, 0.717) is 57.9 Å². The largest absolute Gasteiger partial charge is 0.481 e. The van der Waals surface area contributed by atoms with Crippen molar-refractivity contribution in [2.45, 2.75) is 138 Å². The third kappa shape index (κ3) is 20.7. The van der Waals surface area contributed by atoms with E-state index in [1.807, 2.05) is 0 Å². The Bertz CT molecular complexity index is 3700. The number of para-hydroxylation sites is 2. The molecule has 11 amide bonds. The molecule has 95 heavy (non-hydrogen) atoms. The van der Waals surface area contributed by atoms with Crippen LogP contribution in [0.15, 0.2) is 86.0 Å². The molecule has 0 aliphatic carbocycles. The van der Waals surface area contributed by atoms with Crippen molar-refractivity contribution in [1.82, 2.24) is 82.7 Å². The number of nitrogens with one attached hydrogen (secondary N) is 13. The lowest BCUT2D eigenvalue weighted by Crippen LogP contribution is -2.61. The molecule has 8 rings (SSSR count). The summed E-state index contributed by atoms with van der Waals surface area (Å²) in [4.78, 5) is 194. The number of nitrogens with two attached hydrogens (primary N) is 2. The zero-order valence-corrected chi connectivity index (χ0v) is 51.7. The van der Waals surface area contributed by atoms with Crippen molar-refractivity contribution < 1.29 is 77.6 Å². The summed E-state index contributed by atoms with van der Waals surface area (Å²) >= 11 is 0. The summed E-state index contributed by atoms with van der Waals surface area (Å²) in [5.41, 5.74) is 14.1. The maximum Gasteiger partial charge on any atom is 0.305 e. The number of amides is 11. The molecular weight excluding hydrogens is 1240 g/mol. The monoisotopic (exact) mass is 1320 g/mol. The highest BCUT2D eigenvalue weighted by Gasteiger charge is 2.40. The van der Waals surface area contributed by atoms with Crippen molar-refractivity contribution in [3.8, 4) is 0 Å². The molecule has 2 aliphatic heterocycles. The minimum absolute atomic E-state index is 0.0461. The second-order valence-electron chi connectivity index (χ2n) is 22.7. The van der Waals surface area contributed by atoms with E-state index in [1.54, 1.807) is 60.9 Å².